The van der Waals surface area contributed by atoms with E-state index in [4.69, 9.17) is 4.74 Å². The van der Waals surface area contributed by atoms with Crippen LogP contribution in [0, 0.1) is 5.41 Å². The van der Waals surface area contributed by atoms with E-state index >= 15 is 0 Å². The zero-order valence-electron chi connectivity index (χ0n) is 13.1. The molecule has 2 aliphatic rings. The molecule has 122 valence electrons. The summed E-state index contributed by atoms with van der Waals surface area (Å²) in [6, 6.07) is 0.109. The van der Waals surface area contributed by atoms with Gasteiger partial charge in [-0.3, -0.25) is 14.6 Å². The summed E-state index contributed by atoms with van der Waals surface area (Å²) in [4.78, 5) is 12.3. The van der Waals surface area contributed by atoms with Gasteiger partial charge in [-0.1, -0.05) is 12.1 Å². The first kappa shape index (κ1) is 14.4. The first-order chi connectivity index (χ1) is 11.1. The second-order valence-electron chi connectivity index (χ2n) is 6.89. The highest BCUT2D eigenvalue weighted by Crippen LogP contribution is 2.28. The monoisotopic (exact) mass is 316 g/mol. The third-order valence-electron chi connectivity index (χ3n) is 4.57. The largest absolute Gasteiger partial charge is 0.380 e. The molecule has 8 heteroatoms. The minimum absolute atomic E-state index is 0.0990. The van der Waals surface area contributed by atoms with Gasteiger partial charge in [0.15, 0.2) is 5.69 Å². The fraction of sp³-hybridized carbons (Fsp3) is 0.600. The lowest BCUT2D eigenvalue weighted by molar-refractivity contribution is -0.111. The summed E-state index contributed by atoms with van der Waals surface area (Å²) in [6.07, 6.45) is 6.21. The van der Waals surface area contributed by atoms with Crippen molar-refractivity contribution in [2.24, 2.45) is 5.41 Å². The van der Waals surface area contributed by atoms with Gasteiger partial charge >= 0.3 is 0 Å². The number of rotatable bonds is 4. The highest BCUT2D eigenvalue weighted by Gasteiger charge is 2.34. The number of nitrogens with one attached hydrogen (secondary N) is 2. The first-order valence-electron chi connectivity index (χ1n) is 7.91. The van der Waals surface area contributed by atoms with E-state index in [-0.39, 0.29) is 17.4 Å². The predicted molar refractivity (Wildman–Crippen MR) is 80.8 cm³/mol. The molecule has 0 radical (unpaired) electrons. The molecule has 8 nitrogen and oxygen atoms in total. The molecule has 1 amide bonds. The summed E-state index contributed by atoms with van der Waals surface area (Å²) in [6.45, 7) is 4.31. The van der Waals surface area contributed by atoms with Crippen molar-refractivity contribution in [1.29, 1.82) is 0 Å². The molecular formula is C15H20N6O2. The van der Waals surface area contributed by atoms with Gasteiger partial charge in [0.25, 0.3) is 5.91 Å². The number of ether oxygens (including phenoxy) is 1. The molecule has 2 aromatic rings. The minimum Gasteiger partial charge on any atom is -0.380 e. The summed E-state index contributed by atoms with van der Waals surface area (Å²) >= 11 is 0. The third-order valence-corrected chi connectivity index (χ3v) is 4.57. The Labute approximate surface area is 133 Å². The lowest BCUT2D eigenvalue weighted by atomic mass is 9.89. The highest BCUT2D eigenvalue weighted by atomic mass is 16.5. The molecule has 1 aliphatic heterocycles. The van der Waals surface area contributed by atoms with Crippen molar-refractivity contribution in [3.05, 3.63) is 29.3 Å². The van der Waals surface area contributed by atoms with Crippen LogP contribution in [-0.4, -0.2) is 50.4 Å². The van der Waals surface area contributed by atoms with E-state index in [9.17, 15) is 4.79 Å². The molecule has 1 aliphatic carbocycles. The van der Waals surface area contributed by atoms with Crippen LogP contribution in [-0.2, 0) is 24.1 Å². The van der Waals surface area contributed by atoms with Gasteiger partial charge in [-0.2, -0.15) is 5.10 Å². The Morgan fingerprint density at radius 2 is 2.43 bits per heavy atom. The van der Waals surface area contributed by atoms with Crippen LogP contribution in [0.4, 0.5) is 0 Å². The zero-order chi connectivity index (χ0) is 15.9. The number of fused-ring (bicyclic) bond motifs is 1. The van der Waals surface area contributed by atoms with Gasteiger partial charge in [-0.15, -0.1) is 5.10 Å². The predicted octanol–water partition coefficient (Wildman–Crippen LogP) is 0.325. The van der Waals surface area contributed by atoms with E-state index in [0.717, 1.165) is 38.2 Å². The van der Waals surface area contributed by atoms with Crippen LogP contribution in [0.15, 0.2) is 12.4 Å². The van der Waals surface area contributed by atoms with Gasteiger partial charge in [0.1, 0.15) is 0 Å². The summed E-state index contributed by atoms with van der Waals surface area (Å²) < 4.78 is 6.97. The van der Waals surface area contributed by atoms with E-state index in [1.165, 1.54) is 5.56 Å². The smallest absolute Gasteiger partial charge is 0.273 e. The molecule has 0 bridgehead atoms. The van der Waals surface area contributed by atoms with Crippen molar-refractivity contribution in [3.63, 3.8) is 0 Å². The molecule has 0 spiro atoms. The van der Waals surface area contributed by atoms with Crippen LogP contribution in [0.5, 0.6) is 0 Å². The zero-order valence-corrected chi connectivity index (χ0v) is 13.1. The lowest BCUT2D eigenvalue weighted by Gasteiger charge is -2.37. The van der Waals surface area contributed by atoms with Crippen molar-refractivity contribution < 1.29 is 9.53 Å². The normalized spacial score (nSPS) is 22.2. The molecule has 4 rings (SSSR count). The number of aromatic amines is 1. The molecular weight excluding hydrogens is 296 g/mol. The number of nitrogens with zero attached hydrogens (tertiary/aromatic N) is 4. The summed E-state index contributed by atoms with van der Waals surface area (Å²) in [7, 11) is 0. The molecule has 0 saturated carbocycles. The highest BCUT2D eigenvalue weighted by molar-refractivity contribution is 5.92. The van der Waals surface area contributed by atoms with Crippen LogP contribution >= 0.6 is 0 Å². The molecule has 3 heterocycles. The van der Waals surface area contributed by atoms with Gasteiger partial charge < -0.3 is 10.1 Å². The third kappa shape index (κ3) is 2.86. The molecule has 1 fully saturated rings. The molecule has 0 aromatic carbocycles. The maximum Gasteiger partial charge on any atom is 0.273 e. The van der Waals surface area contributed by atoms with E-state index < -0.39 is 0 Å². The number of H-pyrrole nitrogens is 1. The number of aromatic nitrogens is 5. The number of aryl methyl sites for hydroxylation is 1. The van der Waals surface area contributed by atoms with Crippen molar-refractivity contribution in [2.75, 3.05) is 13.2 Å². The molecule has 2 aromatic heterocycles. The van der Waals surface area contributed by atoms with Crippen LogP contribution in [0.1, 0.15) is 35.1 Å². The van der Waals surface area contributed by atoms with Gasteiger partial charge in [0.2, 0.25) is 0 Å². The molecule has 2 N–H and O–H groups in total. The second kappa shape index (κ2) is 5.45. The van der Waals surface area contributed by atoms with Crippen LogP contribution in [0.3, 0.4) is 0 Å². The Hall–Kier alpha value is -2.22. The SMILES string of the molecule is CC1(Cn2cc(C(=O)NC3CCc4cn[nH]c4C3)nn2)COC1. The summed E-state index contributed by atoms with van der Waals surface area (Å²) in [5.74, 6) is -0.167. The van der Waals surface area contributed by atoms with E-state index in [0.29, 0.717) is 12.2 Å². The van der Waals surface area contributed by atoms with E-state index in [1.54, 1.807) is 10.9 Å². The maximum absolute atomic E-state index is 12.3. The average molecular weight is 316 g/mol. The first-order valence-corrected chi connectivity index (χ1v) is 7.91. The standard InChI is InChI=1S/C15H20N6O2/c1-15(8-23-9-15)7-21-6-13(19-20-21)14(22)17-11-3-2-10-5-16-18-12(10)4-11/h5-6,11H,2-4,7-9H2,1H3,(H,16,18)(H,17,22). The summed E-state index contributed by atoms with van der Waals surface area (Å²) in [5, 5.41) is 18.2. The fourth-order valence-corrected chi connectivity index (χ4v) is 3.20. The Morgan fingerprint density at radius 1 is 1.57 bits per heavy atom. The van der Waals surface area contributed by atoms with Crippen LogP contribution < -0.4 is 5.32 Å². The Morgan fingerprint density at radius 3 is 3.22 bits per heavy atom. The Kier molecular flexibility index (Phi) is 3.41. The van der Waals surface area contributed by atoms with Crippen molar-refractivity contribution in [2.45, 2.75) is 38.8 Å². The van der Waals surface area contributed by atoms with Crippen LogP contribution in [0.2, 0.25) is 0 Å². The minimum atomic E-state index is -0.167. The maximum atomic E-state index is 12.3. The topological polar surface area (TPSA) is 97.7 Å². The summed E-state index contributed by atoms with van der Waals surface area (Å²) in [5.41, 5.74) is 2.83. The number of carbonyl (C=O) groups excluding carboxylic acids is 1. The van der Waals surface area contributed by atoms with E-state index in [1.807, 2.05) is 6.20 Å². The van der Waals surface area contributed by atoms with Gasteiger partial charge in [-0.05, 0) is 18.4 Å². The molecule has 1 unspecified atom stereocenters. The molecule has 1 atom stereocenters. The van der Waals surface area contributed by atoms with Crippen molar-refractivity contribution >= 4 is 5.91 Å². The molecule has 1 saturated heterocycles. The van der Waals surface area contributed by atoms with Crippen molar-refractivity contribution in [1.82, 2.24) is 30.5 Å². The number of amides is 1. The number of hydrogen-bond acceptors (Lipinski definition) is 5. The number of hydrogen-bond donors (Lipinski definition) is 2. The number of carbonyl (C=O) groups is 1. The Balaban J connectivity index is 1.37. The van der Waals surface area contributed by atoms with Gasteiger partial charge in [0.05, 0.1) is 32.2 Å². The quantitative estimate of drug-likeness (QED) is 0.847. The lowest BCUT2D eigenvalue weighted by Crippen LogP contribution is -2.43. The molecule has 23 heavy (non-hydrogen) atoms. The second-order valence-corrected chi connectivity index (χ2v) is 6.89. The van der Waals surface area contributed by atoms with Crippen LogP contribution in [0.25, 0.3) is 0 Å². The Bertz CT molecular complexity index is 717. The van der Waals surface area contributed by atoms with Crippen molar-refractivity contribution in [3.8, 4) is 0 Å². The van der Waals surface area contributed by atoms with Gasteiger partial charge in [0, 0.05) is 23.6 Å². The van der Waals surface area contributed by atoms with E-state index in [2.05, 4.69) is 32.7 Å². The van der Waals surface area contributed by atoms with Gasteiger partial charge in [-0.25, -0.2) is 0 Å². The average Bonchev–Trinajstić information content (AvgIpc) is 3.14. The fourth-order valence-electron chi connectivity index (χ4n) is 3.20.